The molecule has 0 spiro atoms. The van der Waals surface area contributed by atoms with Gasteiger partial charge in [0.05, 0.1) is 37.6 Å². The summed E-state index contributed by atoms with van der Waals surface area (Å²) in [5.41, 5.74) is 4.25. The highest BCUT2D eigenvalue weighted by molar-refractivity contribution is 5.87. The number of esters is 2. The van der Waals surface area contributed by atoms with Crippen LogP contribution in [0.25, 0.3) is 0 Å². The van der Waals surface area contributed by atoms with Crippen LogP contribution in [0.4, 0.5) is 9.59 Å². The molecular weight excluding hydrogens is 522 g/mol. The van der Waals surface area contributed by atoms with Gasteiger partial charge in [-0.15, -0.1) is 0 Å². The Hall–Kier alpha value is -3.09. The lowest BCUT2D eigenvalue weighted by atomic mass is 9.75. The minimum absolute atomic E-state index is 0.0149. The maximum atomic E-state index is 12.8. The van der Waals surface area contributed by atoms with Gasteiger partial charge in [-0.3, -0.25) is 24.8 Å². The van der Waals surface area contributed by atoms with Crippen LogP contribution in [0.5, 0.6) is 0 Å². The fourth-order valence-electron chi connectivity index (χ4n) is 5.68. The van der Waals surface area contributed by atoms with E-state index in [1.54, 1.807) is 39.5 Å². The molecule has 0 saturated carbocycles. The highest BCUT2D eigenvalue weighted by Gasteiger charge is 2.47. The molecule has 40 heavy (non-hydrogen) atoms. The molecule has 0 radical (unpaired) electrons. The van der Waals surface area contributed by atoms with Crippen molar-refractivity contribution in [1.82, 2.24) is 14.7 Å². The van der Waals surface area contributed by atoms with Gasteiger partial charge in [0.1, 0.15) is 17.5 Å². The molecule has 3 heterocycles. The van der Waals surface area contributed by atoms with Crippen LogP contribution < -0.4 is 5.73 Å². The molecule has 0 aromatic heterocycles. The van der Waals surface area contributed by atoms with Gasteiger partial charge in [0, 0.05) is 19.1 Å². The van der Waals surface area contributed by atoms with E-state index in [2.05, 4.69) is 4.90 Å². The van der Waals surface area contributed by atoms with E-state index in [0.717, 1.165) is 0 Å². The molecule has 226 valence electrons. The minimum Gasteiger partial charge on any atom is -0.466 e. The number of likely N-dealkylation sites (tertiary alicyclic amines) is 2. The summed E-state index contributed by atoms with van der Waals surface area (Å²) >= 11 is 0. The number of rotatable bonds is 9. The Labute approximate surface area is 236 Å². The van der Waals surface area contributed by atoms with E-state index in [1.165, 1.54) is 4.90 Å². The second-order valence-electron chi connectivity index (χ2n) is 11.8. The molecule has 3 saturated heterocycles. The van der Waals surface area contributed by atoms with Gasteiger partial charge in [-0.25, -0.2) is 9.59 Å². The van der Waals surface area contributed by atoms with E-state index >= 15 is 0 Å². The summed E-state index contributed by atoms with van der Waals surface area (Å²) in [6.45, 7) is 11.6. The van der Waals surface area contributed by atoms with Gasteiger partial charge in [0.25, 0.3) is 0 Å². The molecule has 3 N–H and O–H groups in total. The van der Waals surface area contributed by atoms with E-state index in [9.17, 15) is 19.2 Å². The quantitative estimate of drug-likeness (QED) is 0.182. The number of hydrogen-bond donors (Lipinski definition) is 2. The third kappa shape index (κ3) is 7.76. The van der Waals surface area contributed by atoms with Crippen LogP contribution in [0.15, 0.2) is 0 Å². The standard InChI is InChI=1S/C27H45N5O8/c1-6-37-21(33)15-27(23(34)38-7-2)9-12-30(13-10-27)16-19-17-32(24(35)39-19)18-8-11-31(20(14-18)22(28)29)25(36)40-26(3,4)5/h18-20H,6-17H2,1-5H3,(H3,28,29). The SMILES string of the molecule is CCOC(=O)CC1(C(=O)OCC)CCN(CC2CN(C3CCN(C(=O)OC(C)(C)C)C(C(=N)N)C3)C(=O)O2)CC1. The fourth-order valence-corrected chi connectivity index (χ4v) is 5.68. The molecule has 3 fully saturated rings. The highest BCUT2D eigenvalue weighted by Crippen LogP contribution is 2.37. The first-order valence-electron chi connectivity index (χ1n) is 14.1. The first kappa shape index (κ1) is 31.4. The summed E-state index contributed by atoms with van der Waals surface area (Å²) in [5.74, 6) is -0.939. The summed E-state index contributed by atoms with van der Waals surface area (Å²) < 4.78 is 21.6. The molecule has 2 amide bonds. The van der Waals surface area contributed by atoms with Crippen molar-refractivity contribution in [2.24, 2.45) is 11.1 Å². The largest absolute Gasteiger partial charge is 0.466 e. The van der Waals surface area contributed by atoms with Crippen molar-refractivity contribution in [2.75, 3.05) is 45.9 Å². The lowest BCUT2D eigenvalue weighted by molar-refractivity contribution is -0.165. The summed E-state index contributed by atoms with van der Waals surface area (Å²) in [7, 11) is 0. The molecule has 0 aromatic carbocycles. The van der Waals surface area contributed by atoms with Crippen molar-refractivity contribution >= 4 is 30.0 Å². The van der Waals surface area contributed by atoms with Crippen molar-refractivity contribution in [1.29, 1.82) is 5.41 Å². The van der Waals surface area contributed by atoms with Gasteiger partial charge in [-0.1, -0.05) is 0 Å². The second kappa shape index (κ2) is 13.0. The molecule has 0 bridgehead atoms. The lowest BCUT2D eigenvalue weighted by Gasteiger charge is -2.41. The second-order valence-corrected chi connectivity index (χ2v) is 11.8. The van der Waals surface area contributed by atoms with Crippen molar-refractivity contribution in [3.05, 3.63) is 0 Å². The molecule has 3 aliphatic rings. The van der Waals surface area contributed by atoms with Crippen molar-refractivity contribution in [2.45, 2.75) is 90.5 Å². The number of ether oxygens (including phenoxy) is 4. The van der Waals surface area contributed by atoms with E-state index < -0.39 is 35.2 Å². The Morgan fingerprint density at radius 3 is 2.33 bits per heavy atom. The zero-order valence-corrected chi connectivity index (χ0v) is 24.4. The number of cyclic esters (lactones) is 1. The Kier molecular flexibility index (Phi) is 10.3. The lowest BCUT2D eigenvalue weighted by Crippen LogP contribution is -2.57. The fraction of sp³-hybridized carbons (Fsp3) is 0.815. The van der Waals surface area contributed by atoms with Crippen LogP contribution in [0.3, 0.4) is 0 Å². The van der Waals surface area contributed by atoms with Crippen LogP contribution in [0.1, 0.15) is 66.7 Å². The number of amidine groups is 1. The molecular formula is C27H45N5O8. The molecule has 13 heteroatoms. The third-order valence-electron chi connectivity index (χ3n) is 7.68. The Balaban J connectivity index is 1.57. The molecule has 3 unspecified atom stereocenters. The number of nitrogens with two attached hydrogens (primary N) is 1. The average molecular weight is 568 g/mol. The topological polar surface area (TPSA) is 165 Å². The number of amides is 2. The van der Waals surface area contributed by atoms with Crippen LogP contribution >= 0.6 is 0 Å². The number of carbonyl (C=O) groups is 4. The van der Waals surface area contributed by atoms with Gasteiger partial charge in [-0.2, -0.15) is 0 Å². The van der Waals surface area contributed by atoms with Crippen LogP contribution in [-0.4, -0.2) is 114 Å². The van der Waals surface area contributed by atoms with Gasteiger partial charge < -0.3 is 29.6 Å². The zero-order chi connectivity index (χ0) is 29.7. The van der Waals surface area contributed by atoms with Crippen LogP contribution in [-0.2, 0) is 28.5 Å². The smallest absolute Gasteiger partial charge is 0.410 e. The van der Waals surface area contributed by atoms with Crippen molar-refractivity contribution in [3.63, 3.8) is 0 Å². The Morgan fingerprint density at radius 1 is 1.10 bits per heavy atom. The zero-order valence-electron chi connectivity index (χ0n) is 24.4. The van der Waals surface area contributed by atoms with Gasteiger partial charge in [0.15, 0.2) is 0 Å². The summed E-state index contributed by atoms with van der Waals surface area (Å²) in [6, 6.07) is -0.898. The monoisotopic (exact) mass is 567 g/mol. The molecule has 0 aromatic rings. The molecule has 0 aliphatic carbocycles. The van der Waals surface area contributed by atoms with E-state index in [-0.39, 0.29) is 43.6 Å². The van der Waals surface area contributed by atoms with Crippen molar-refractivity contribution in [3.8, 4) is 0 Å². The number of piperidine rings is 2. The first-order chi connectivity index (χ1) is 18.8. The summed E-state index contributed by atoms with van der Waals surface area (Å²) in [6.07, 6.45) is 0.395. The maximum absolute atomic E-state index is 12.8. The average Bonchev–Trinajstić information content (AvgIpc) is 3.23. The highest BCUT2D eigenvalue weighted by atomic mass is 16.6. The maximum Gasteiger partial charge on any atom is 0.410 e. The molecule has 13 nitrogen and oxygen atoms in total. The number of carbonyl (C=O) groups excluding carboxylic acids is 4. The normalized spacial score (nSPS) is 25.2. The molecule has 3 aliphatic heterocycles. The van der Waals surface area contributed by atoms with Gasteiger partial charge >= 0.3 is 24.1 Å². The number of hydrogen-bond acceptors (Lipinski definition) is 10. The third-order valence-corrected chi connectivity index (χ3v) is 7.68. The summed E-state index contributed by atoms with van der Waals surface area (Å²) in [5, 5.41) is 8.04. The molecule has 3 atom stereocenters. The predicted molar refractivity (Wildman–Crippen MR) is 145 cm³/mol. The number of nitrogens with zero attached hydrogens (tertiary/aromatic N) is 3. The molecule has 3 rings (SSSR count). The Morgan fingerprint density at radius 2 is 1.75 bits per heavy atom. The van der Waals surface area contributed by atoms with Gasteiger partial charge in [0.2, 0.25) is 0 Å². The predicted octanol–water partition coefficient (Wildman–Crippen LogP) is 2.11. The first-order valence-corrected chi connectivity index (χ1v) is 14.1. The van der Waals surface area contributed by atoms with Crippen LogP contribution in [0, 0.1) is 10.8 Å². The van der Waals surface area contributed by atoms with E-state index in [4.69, 9.17) is 30.1 Å². The van der Waals surface area contributed by atoms with Crippen LogP contribution in [0.2, 0.25) is 0 Å². The Bertz CT molecular complexity index is 959. The van der Waals surface area contributed by atoms with Gasteiger partial charge in [-0.05, 0) is 73.4 Å². The van der Waals surface area contributed by atoms with E-state index in [1.807, 2.05) is 0 Å². The minimum atomic E-state index is -0.916. The summed E-state index contributed by atoms with van der Waals surface area (Å²) in [4.78, 5) is 55.8. The van der Waals surface area contributed by atoms with Crippen molar-refractivity contribution < 1.29 is 38.1 Å². The number of nitrogens with one attached hydrogen (secondary N) is 1. The van der Waals surface area contributed by atoms with E-state index in [0.29, 0.717) is 58.4 Å².